The van der Waals surface area contributed by atoms with Crippen molar-refractivity contribution in [3.05, 3.63) is 75.9 Å². The fourth-order valence-electron chi connectivity index (χ4n) is 3.32. The van der Waals surface area contributed by atoms with E-state index in [-0.39, 0.29) is 23.4 Å². The van der Waals surface area contributed by atoms with Crippen LogP contribution in [0.3, 0.4) is 0 Å². The van der Waals surface area contributed by atoms with Crippen molar-refractivity contribution in [3.8, 4) is 11.3 Å². The molecular weight excluding hydrogens is 388 g/mol. The van der Waals surface area contributed by atoms with Crippen LogP contribution >= 0.6 is 0 Å². The van der Waals surface area contributed by atoms with Crippen molar-refractivity contribution in [1.82, 2.24) is 29.9 Å². The lowest BCUT2D eigenvalue weighted by Gasteiger charge is -2.20. The molecule has 0 bridgehead atoms. The molecule has 0 amide bonds. The van der Waals surface area contributed by atoms with Gasteiger partial charge in [-0.15, -0.1) is 0 Å². The van der Waals surface area contributed by atoms with Crippen LogP contribution in [0.5, 0.6) is 0 Å². The van der Waals surface area contributed by atoms with E-state index in [1.54, 1.807) is 24.1 Å². The fourth-order valence-corrected chi connectivity index (χ4v) is 3.32. The predicted octanol–water partition coefficient (Wildman–Crippen LogP) is 1.56. The largest absolute Gasteiger partial charge is 0.465 e. The highest BCUT2D eigenvalue weighted by Gasteiger charge is 2.26. The number of carbonyl (C=O) groups is 1. The zero-order valence-corrected chi connectivity index (χ0v) is 16.5. The molecule has 3 heterocycles. The van der Waals surface area contributed by atoms with Crippen molar-refractivity contribution < 1.29 is 14.3 Å². The number of aromatic nitrogens is 6. The van der Waals surface area contributed by atoms with E-state index < -0.39 is 17.6 Å². The Morgan fingerprint density at radius 3 is 2.67 bits per heavy atom. The number of carbonyl (C=O) groups excluding carboxylic acids is 1. The molecule has 0 saturated heterocycles. The molecule has 0 spiro atoms. The number of aromatic amines is 2. The monoisotopic (exact) mass is 408 g/mol. The van der Waals surface area contributed by atoms with Gasteiger partial charge in [-0.1, -0.05) is 30.3 Å². The van der Waals surface area contributed by atoms with E-state index in [0.29, 0.717) is 18.1 Å². The molecule has 30 heavy (non-hydrogen) atoms. The number of esters is 1. The van der Waals surface area contributed by atoms with E-state index in [1.807, 2.05) is 30.3 Å². The third-order valence-corrected chi connectivity index (χ3v) is 4.75. The smallest absolute Gasteiger partial charge is 0.341 e. The highest BCUT2D eigenvalue weighted by molar-refractivity contribution is 5.95. The Labute approximate surface area is 171 Å². The van der Waals surface area contributed by atoms with E-state index in [9.17, 15) is 9.59 Å². The summed E-state index contributed by atoms with van der Waals surface area (Å²) >= 11 is 0. The van der Waals surface area contributed by atoms with Gasteiger partial charge in [0.2, 0.25) is 0 Å². The average Bonchev–Trinajstić information content (AvgIpc) is 3.39. The Bertz CT molecular complexity index is 1180. The van der Waals surface area contributed by atoms with Gasteiger partial charge in [0, 0.05) is 25.9 Å². The van der Waals surface area contributed by atoms with E-state index in [1.165, 1.54) is 7.11 Å². The van der Waals surface area contributed by atoms with Crippen LogP contribution in [0.25, 0.3) is 11.3 Å². The first-order valence-electron chi connectivity index (χ1n) is 9.23. The molecule has 0 radical (unpaired) electrons. The lowest BCUT2D eigenvalue weighted by molar-refractivity contribution is 0.0600. The lowest BCUT2D eigenvalue weighted by Crippen LogP contribution is -2.19. The van der Waals surface area contributed by atoms with Crippen LogP contribution in [0.15, 0.2) is 47.5 Å². The fraction of sp³-hybridized carbons (Fsp3) is 0.250. The average molecular weight is 408 g/mol. The van der Waals surface area contributed by atoms with Crippen molar-refractivity contribution in [1.29, 1.82) is 0 Å². The summed E-state index contributed by atoms with van der Waals surface area (Å²) in [7, 11) is 2.85. The number of ether oxygens (including phenoxy) is 2. The summed E-state index contributed by atoms with van der Waals surface area (Å²) in [6.07, 6.45) is 3.79. The summed E-state index contributed by atoms with van der Waals surface area (Å²) < 4.78 is 11.8. The summed E-state index contributed by atoms with van der Waals surface area (Å²) in [5, 5.41) is 13.6. The van der Waals surface area contributed by atoms with Gasteiger partial charge in [-0.2, -0.15) is 10.2 Å². The molecule has 1 aromatic carbocycles. The number of pyridine rings is 1. The topological polar surface area (TPSA) is 128 Å². The van der Waals surface area contributed by atoms with Gasteiger partial charge >= 0.3 is 5.97 Å². The first kappa shape index (κ1) is 19.5. The number of rotatable bonds is 7. The molecular formula is C20H20N6O4. The van der Waals surface area contributed by atoms with Crippen molar-refractivity contribution >= 4 is 5.97 Å². The summed E-state index contributed by atoms with van der Waals surface area (Å²) in [6.45, 7) is 0.286. The molecule has 1 atom stereocenters. The molecule has 0 saturated carbocycles. The van der Waals surface area contributed by atoms with Gasteiger partial charge in [-0.05, 0) is 5.56 Å². The molecule has 0 fully saturated rings. The maximum Gasteiger partial charge on any atom is 0.341 e. The minimum Gasteiger partial charge on any atom is -0.465 e. The summed E-state index contributed by atoms with van der Waals surface area (Å²) in [6, 6.07) is 9.42. The van der Waals surface area contributed by atoms with Crippen LogP contribution in [-0.4, -0.2) is 50.1 Å². The van der Waals surface area contributed by atoms with Crippen molar-refractivity contribution in [2.45, 2.75) is 19.1 Å². The van der Waals surface area contributed by atoms with Crippen LogP contribution < -0.4 is 5.56 Å². The Kier molecular flexibility index (Phi) is 5.40. The first-order chi connectivity index (χ1) is 14.6. The third kappa shape index (κ3) is 3.72. The Hall–Kier alpha value is -3.79. The zero-order chi connectivity index (χ0) is 21.1. The van der Waals surface area contributed by atoms with Crippen LogP contribution in [0.2, 0.25) is 0 Å². The van der Waals surface area contributed by atoms with Gasteiger partial charge < -0.3 is 14.0 Å². The van der Waals surface area contributed by atoms with E-state index in [2.05, 4.69) is 25.4 Å². The molecule has 4 rings (SSSR count). The second-order valence-corrected chi connectivity index (χ2v) is 6.70. The van der Waals surface area contributed by atoms with Gasteiger partial charge in [0.15, 0.2) is 11.6 Å². The molecule has 10 nitrogen and oxygen atoms in total. The normalized spacial score (nSPS) is 12.2. The van der Waals surface area contributed by atoms with Gasteiger partial charge in [-0.25, -0.2) is 14.9 Å². The molecule has 2 aliphatic rings. The van der Waals surface area contributed by atoms with Crippen LogP contribution in [0.1, 0.15) is 33.6 Å². The van der Waals surface area contributed by atoms with Gasteiger partial charge in [0.05, 0.1) is 18.7 Å². The van der Waals surface area contributed by atoms with Crippen LogP contribution in [0.4, 0.5) is 0 Å². The number of hydrogen-bond acceptors (Lipinski definition) is 7. The standard InChI is InChI=1S/C20H20N6O4/c1-29-11-16-21-18(24-22-16)15(8-12-6-4-3-5-7-12)26-9-13-17(23-25-19(13)27)14(10-26)20(28)30-2/h3-7,9-10,15H,8,11H2,1-2H3,(H,25,27)(H,21,22,24). The summed E-state index contributed by atoms with van der Waals surface area (Å²) in [4.78, 5) is 29.1. The second-order valence-electron chi connectivity index (χ2n) is 6.70. The molecule has 2 aliphatic heterocycles. The van der Waals surface area contributed by atoms with Crippen LogP contribution in [0, 0.1) is 0 Å². The minimum atomic E-state index is -0.589. The van der Waals surface area contributed by atoms with Gasteiger partial charge in [0.1, 0.15) is 17.9 Å². The molecule has 1 unspecified atom stereocenters. The lowest BCUT2D eigenvalue weighted by atomic mass is 10.0. The maximum absolute atomic E-state index is 12.4. The van der Waals surface area contributed by atoms with E-state index >= 15 is 0 Å². The third-order valence-electron chi connectivity index (χ3n) is 4.75. The highest BCUT2D eigenvalue weighted by atomic mass is 16.5. The Morgan fingerprint density at radius 1 is 1.13 bits per heavy atom. The number of fused-ring (bicyclic) bond motifs is 1. The van der Waals surface area contributed by atoms with Gasteiger partial charge in [-0.3, -0.25) is 9.89 Å². The van der Waals surface area contributed by atoms with Gasteiger partial charge in [0.25, 0.3) is 5.56 Å². The molecule has 154 valence electrons. The molecule has 10 heteroatoms. The molecule has 2 N–H and O–H groups in total. The van der Waals surface area contributed by atoms with Crippen molar-refractivity contribution in [2.24, 2.45) is 0 Å². The van der Waals surface area contributed by atoms with E-state index in [4.69, 9.17) is 9.47 Å². The molecule has 1 aromatic heterocycles. The van der Waals surface area contributed by atoms with E-state index in [0.717, 1.165) is 5.56 Å². The maximum atomic E-state index is 12.4. The number of benzene rings is 1. The number of nitrogens with zero attached hydrogens (tertiary/aromatic N) is 4. The van der Waals surface area contributed by atoms with Crippen molar-refractivity contribution in [3.63, 3.8) is 0 Å². The highest BCUT2D eigenvalue weighted by Crippen LogP contribution is 2.27. The quantitative estimate of drug-likeness (QED) is 0.444. The number of hydrogen-bond donors (Lipinski definition) is 2. The molecule has 2 aromatic rings. The number of H-pyrrole nitrogens is 2. The second kappa shape index (κ2) is 8.29. The first-order valence-corrected chi connectivity index (χ1v) is 9.23. The Morgan fingerprint density at radius 2 is 1.93 bits per heavy atom. The van der Waals surface area contributed by atoms with Crippen molar-refractivity contribution in [2.75, 3.05) is 14.2 Å². The van der Waals surface area contributed by atoms with Crippen LogP contribution in [-0.2, 0) is 22.5 Å². The Balaban J connectivity index is 1.86. The number of nitrogens with one attached hydrogen (secondary N) is 2. The summed E-state index contributed by atoms with van der Waals surface area (Å²) in [5.74, 6) is 0.490. The molecule has 0 aliphatic carbocycles. The SMILES string of the molecule is COCc1nc(C(Cc2ccccc2)n2cc(C(=O)OC)c3n[nH]c(=O)c-3c2)n[nH]1. The zero-order valence-electron chi connectivity index (χ0n) is 16.5. The predicted molar refractivity (Wildman–Crippen MR) is 106 cm³/mol. The minimum absolute atomic E-state index is 0.180. The number of methoxy groups -OCH3 is 2. The summed E-state index contributed by atoms with van der Waals surface area (Å²) in [5.41, 5.74) is 1.37.